The first-order valence-electron chi connectivity index (χ1n) is 7.97. The lowest BCUT2D eigenvalue weighted by Gasteiger charge is -2.32. The van der Waals surface area contributed by atoms with E-state index in [-0.39, 0.29) is 16.6 Å². The van der Waals surface area contributed by atoms with Crippen LogP contribution in [-0.4, -0.2) is 73.7 Å². The van der Waals surface area contributed by atoms with Crippen LogP contribution in [0.3, 0.4) is 0 Å². The maximum absolute atomic E-state index is 13.7. The Balaban J connectivity index is 1.64. The number of benzene rings is 1. The zero-order valence-electron chi connectivity index (χ0n) is 14.1. The number of carbonyl (C=O) groups is 1. The van der Waals surface area contributed by atoms with Crippen molar-refractivity contribution in [2.24, 2.45) is 0 Å². The third kappa shape index (κ3) is 4.49. The van der Waals surface area contributed by atoms with Crippen molar-refractivity contribution >= 4 is 32.6 Å². The van der Waals surface area contributed by atoms with Crippen molar-refractivity contribution in [3.05, 3.63) is 23.8 Å². The van der Waals surface area contributed by atoms with E-state index in [2.05, 4.69) is 20.1 Å². The third-order valence-electron chi connectivity index (χ3n) is 3.95. The molecule has 2 heterocycles. The molecular weight excluding hydrogens is 350 g/mol. The van der Waals surface area contributed by atoms with Gasteiger partial charge in [0.05, 0.1) is 11.3 Å². The van der Waals surface area contributed by atoms with E-state index in [0.717, 1.165) is 37.0 Å². The van der Waals surface area contributed by atoms with Crippen molar-refractivity contribution in [3.63, 3.8) is 0 Å². The largest absolute Gasteiger partial charge is 0.366 e. The first-order valence-corrected chi connectivity index (χ1v) is 8.79. The first kappa shape index (κ1) is 18.1. The van der Waals surface area contributed by atoms with Crippen LogP contribution in [0.25, 0.3) is 10.2 Å². The quantitative estimate of drug-likeness (QED) is 0.870. The van der Waals surface area contributed by atoms with E-state index in [0.29, 0.717) is 17.9 Å². The standard InChI is InChI=1S/C16H20F2N4O2S/c1-21(2)3-4-22-5-6-24-12(9-22)15(23)20-16-19-14-11(18)7-10(17)8-13(14)25-16/h7-8,12H,3-6,9H2,1-2H3,(H,19,20,23). The van der Waals surface area contributed by atoms with E-state index < -0.39 is 17.7 Å². The van der Waals surface area contributed by atoms with Crippen LogP contribution in [-0.2, 0) is 9.53 Å². The molecule has 9 heteroatoms. The Morgan fingerprint density at radius 2 is 2.28 bits per heavy atom. The molecule has 0 bridgehead atoms. The van der Waals surface area contributed by atoms with Crippen LogP contribution >= 0.6 is 11.3 Å². The summed E-state index contributed by atoms with van der Waals surface area (Å²) in [7, 11) is 4.00. The molecule has 1 aliphatic heterocycles. The number of carbonyl (C=O) groups excluding carboxylic acids is 1. The van der Waals surface area contributed by atoms with Crippen LogP contribution in [0.5, 0.6) is 0 Å². The number of halogens is 2. The summed E-state index contributed by atoms with van der Waals surface area (Å²) in [6.07, 6.45) is -0.607. The van der Waals surface area contributed by atoms with Crippen molar-refractivity contribution < 1.29 is 18.3 Å². The minimum atomic E-state index is -0.740. The number of hydrogen-bond acceptors (Lipinski definition) is 6. The van der Waals surface area contributed by atoms with Crippen molar-refractivity contribution in [1.29, 1.82) is 0 Å². The molecule has 25 heavy (non-hydrogen) atoms. The average molecular weight is 370 g/mol. The molecule has 0 radical (unpaired) electrons. The molecule has 1 aromatic heterocycles. The molecular formula is C16H20F2N4O2S. The first-order chi connectivity index (χ1) is 11.9. The second-order valence-corrected chi connectivity index (χ2v) is 7.24. The normalized spacial score (nSPS) is 18.8. The highest BCUT2D eigenvalue weighted by atomic mass is 32.1. The molecule has 1 atom stereocenters. The van der Waals surface area contributed by atoms with Gasteiger partial charge < -0.3 is 9.64 Å². The maximum atomic E-state index is 13.7. The summed E-state index contributed by atoms with van der Waals surface area (Å²) in [5, 5.41) is 2.89. The van der Waals surface area contributed by atoms with Gasteiger partial charge in [0.2, 0.25) is 0 Å². The summed E-state index contributed by atoms with van der Waals surface area (Å²) in [5.41, 5.74) is 0.0545. The van der Waals surface area contributed by atoms with Gasteiger partial charge in [-0.15, -0.1) is 0 Å². The van der Waals surface area contributed by atoms with Gasteiger partial charge in [-0.1, -0.05) is 11.3 Å². The molecule has 136 valence electrons. The zero-order chi connectivity index (χ0) is 18.0. The van der Waals surface area contributed by atoms with Crippen molar-refractivity contribution in [1.82, 2.24) is 14.8 Å². The van der Waals surface area contributed by atoms with E-state index in [9.17, 15) is 13.6 Å². The topological polar surface area (TPSA) is 57.7 Å². The van der Waals surface area contributed by atoms with Gasteiger partial charge in [0, 0.05) is 32.2 Å². The Hall–Kier alpha value is -1.68. The molecule has 6 nitrogen and oxygen atoms in total. The smallest absolute Gasteiger partial charge is 0.256 e. The number of rotatable bonds is 5. The van der Waals surface area contributed by atoms with E-state index >= 15 is 0 Å². The van der Waals surface area contributed by atoms with Gasteiger partial charge in [-0.2, -0.15) is 0 Å². The fourth-order valence-corrected chi connectivity index (χ4v) is 3.51. The highest BCUT2D eigenvalue weighted by Crippen LogP contribution is 2.28. The highest BCUT2D eigenvalue weighted by molar-refractivity contribution is 7.22. The zero-order valence-corrected chi connectivity index (χ0v) is 14.9. The summed E-state index contributed by atoms with van der Waals surface area (Å²) >= 11 is 1.03. The minimum Gasteiger partial charge on any atom is -0.366 e. The lowest BCUT2D eigenvalue weighted by molar-refractivity contribution is -0.133. The van der Waals surface area contributed by atoms with Gasteiger partial charge in [0.1, 0.15) is 17.4 Å². The molecule has 1 N–H and O–H groups in total. The van der Waals surface area contributed by atoms with Crippen molar-refractivity contribution in [2.45, 2.75) is 6.10 Å². The Morgan fingerprint density at radius 1 is 1.48 bits per heavy atom. The predicted octanol–water partition coefficient (Wildman–Crippen LogP) is 1.78. The van der Waals surface area contributed by atoms with Crippen LogP contribution in [0, 0.1) is 11.6 Å². The molecule has 1 unspecified atom stereocenters. The number of likely N-dealkylation sites (N-methyl/N-ethyl adjacent to an activating group) is 1. The number of amides is 1. The second kappa shape index (κ2) is 7.69. The lowest BCUT2D eigenvalue weighted by Crippen LogP contribution is -2.49. The van der Waals surface area contributed by atoms with Crippen LogP contribution in [0.2, 0.25) is 0 Å². The fraction of sp³-hybridized carbons (Fsp3) is 0.500. The number of thiazole rings is 1. The Kier molecular flexibility index (Phi) is 5.57. The van der Waals surface area contributed by atoms with Crippen LogP contribution < -0.4 is 5.32 Å². The number of hydrogen-bond donors (Lipinski definition) is 1. The molecule has 3 rings (SSSR count). The maximum Gasteiger partial charge on any atom is 0.256 e. The molecule has 0 spiro atoms. The van der Waals surface area contributed by atoms with Gasteiger partial charge in [0.25, 0.3) is 5.91 Å². The SMILES string of the molecule is CN(C)CCN1CCOC(C(=O)Nc2nc3c(F)cc(F)cc3s2)C1. The van der Waals surface area contributed by atoms with E-state index in [1.807, 2.05) is 14.1 Å². The number of nitrogens with one attached hydrogen (secondary N) is 1. The summed E-state index contributed by atoms with van der Waals surface area (Å²) in [6.45, 7) is 3.50. The lowest BCUT2D eigenvalue weighted by atomic mass is 10.2. The molecule has 0 aliphatic carbocycles. The van der Waals surface area contributed by atoms with Gasteiger partial charge >= 0.3 is 0 Å². The van der Waals surface area contributed by atoms with Crippen molar-refractivity contribution in [2.75, 3.05) is 52.2 Å². The number of ether oxygens (including phenoxy) is 1. The van der Waals surface area contributed by atoms with Crippen LogP contribution in [0.4, 0.5) is 13.9 Å². The molecule has 2 aromatic rings. The number of anilines is 1. The third-order valence-corrected chi connectivity index (χ3v) is 4.87. The molecule has 1 aliphatic rings. The number of morpholine rings is 1. The fourth-order valence-electron chi connectivity index (χ4n) is 2.60. The molecule has 1 fully saturated rings. The molecule has 1 aromatic carbocycles. The molecule has 0 saturated carbocycles. The van der Waals surface area contributed by atoms with Gasteiger partial charge in [-0.3, -0.25) is 15.0 Å². The Labute approximate surface area is 148 Å². The van der Waals surface area contributed by atoms with Crippen LogP contribution in [0.1, 0.15) is 0 Å². The Morgan fingerprint density at radius 3 is 3.04 bits per heavy atom. The Bertz CT molecular complexity index is 768. The molecule has 1 amide bonds. The monoisotopic (exact) mass is 370 g/mol. The summed E-state index contributed by atoms with van der Waals surface area (Å²) in [5.74, 6) is -1.73. The number of aromatic nitrogens is 1. The number of nitrogens with zero attached hydrogens (tertiary/aromatic N) is 3. The van der Waals surface area contributed by atoms with E-state index in [1.165, 1.54) is 6.07 Å². The number of fused-ring (bicyclic) bond motifs is 1. The summed E-state index contributed by atoms with van der Waals surface area (Å²) in [4.78, 5) is 20.7. The van der Waals surface area contributed by atoms with Crippen LogP contribution in [0.15, 0.2) is 12.1 Å². The minimum absolute atomic E-state index is 0.0545. The van der Waals surface area contributed by atoms with Gasteiger partial charge in [0.15, 0.2) is 10.9 Å². The van der Waals surface area contributed by atoms with Gasteiger partial charge in [-0.05, 0) is 20.2 Å². The van der Waals surface area contributed by atoms with E-state index in [1.54, 1.807) is 0 Å². The molecule has 1 saturated heterocycles. The second-order valence-electron chi connectivity index (χ2n) is 6.21. The van der Waals surface area contributed by atoms with Gasteiger partial charge in [-0.25, -0.2) is 13.8 Å². The predicted molar refractivity (Wildman–Crippen MR) is 92.9 cm³/mol. The average Bonchev–Trinajstić information content (AvgIpc) is 2.96. The summed E-state index contributed by atoms with van der Waals surface area (Å²) < 4.78 is 32.9. The van der Waals surface area contributed by atoms with E-state index in [4.69, 9.17) is 4.74 Å². The highest BCUT2D eigenvalue weighted by Gasteiger charge is 2.27. The van der Waals surface area contributed by atoms with Crippen molar-refractivity contribution in [3.8, 4) is 0 Å². The summed E-state index contributed by atoms with van der Waals surface area (Å²) in [6, 6.07) is 1.98.